The van der Waals surface area contributed by atoms with Crippen molar-refractivity contribution < 1.29 is 18.3 Å². The Labute approximate surface area is 127 Å². The Morgan fingerprint density at radius 1 is 1.45 bits per heavy atom. The summed E-state index contributed by atoms with van der Waals surface area (Å²) in [5, 5.41) is 10.1. The van der Waals surface area contributed by atoms with Crippen LogP contribution in [0.1, 0.15) is 15.9 Å². The van der Waals surface area contributed by atoms with Gasteiger partial charge in [0, 0.05) is 16.0 Å². The average Bonchev–Trinajstić information content (AvgIpc) is 2.83. The second kappa shape index (κ2) is 5.51. The van der Waals surface area contributed by atoms with Gasteiger partial charge in [0.25, 0.3) is 10.0 Å². The number of aromatic carboxylic acids is 1. The minimum Gasteiger partial charge on any atom is -0.478 e. The van der Waals surface area contributed by atoms with E-state index in [0.29, 0.717) is 5.56 Å². The van der Waals surface area contributed by atoms with Gasteiger partial charge in [0.15, 0.2) is 0 Å². The van der Waals surface area contributed by atoms with E-state index in [9.17, 15) is 13.2 Å². The number of carboxylic acids is 1. The highest BCUT2D eigenvalue weighted by atomic mass is 79.9. The van der Waals surface area contributed by atoms with Crippen LogP contribution in [0.2, 0.25) is 0 Å². The smallest absolute Gasteiger partial charge is 0.336 e. The molecule has 0 bridgehead atoms. The number of nitrogens with one attached hydrogen (secondary N) is 1. The lowest BCUT2D eigenvalue weighted by molar-refractivity contribution is 0.0697. The molecule has 2 rings (SSSR count). The number of carboxylic acid groups (broad SMARTS) is 1. The van der Waals surface area contributed by atoms with Gasteiger partial charge in [0.1, 0.15) is 10.0 Å². The van der Waals surface area contributed by atoms with Gasteiger partial charge in [-0.2, -0.15) is 0 Å². The number of rotatable bonds is 4. The van der Waals surface area contributed by atoms with Crippen molar-refractivity contribution in [1.82, 2.24) is 4.98 Å². The number of hydrogen-bond donors (Lipinski definition) is 2. The monoisotopic (exact) mass is 376 g/mol. The summed E-state index contributed by atoms with van der Waals surface area (Å²) < 4.78 is 27.3. The summed E-state index contributed by atoms with van der Waals surface area (Å²) in [4.78, 5) is 14.7. The number of aromatic nitrogens is 1. The van der Waals surface area contributed by atoms with Crippen LogP contribution in [0.5, 0.6) is 0 Å². The molecule has 106 valence electrons. The zero-order chi connectivity index (χ0) is 14.9. The van der Waals surface area contributed by atoms with Crippen LogP contribution in [0.15, 0.2) is 32.4 Å². The lowest BCUT2D eigenvalue weighted by atomic mass is 10.3. The molecule has 0 aliphatic heterocycles. The number of thiophene rings is 1. The van der Waals surface area contributed by atoms with Crippen LogP contribution in [0.25, 0.3) is 0 Å². The first-order chi connectivity index (χ1) is 9.29. The Kier molecular flexibility index (Phi) is 4.11. The van der Waals surface area contributed by atoms with E-state index in [1.165, 1.54) is 11.6 Å². The van der Waals surface area contributed by atoms with Crippen LogP contribution >= 0.6 is 27.3 Å². The topological polar surface area (TPSA) is 96.4 Å². The molecule has 0 radical (unpaired) electrons. The molecule has 0 fully saturated rings. The highest BCUT2D eigenvalue weighted by molar-refractivity contribution is 9.10. The number of hydrogen-bond acceptors (Lipinski definition) is 5. The summed E-state index contributed by atoms with van der Waals surface area (Å²) in [6.07, 6.45) is 1.47. The molecule has 2 heterocycles. The molecule has 2 aromatic rings. The second-order valence-electron chi connectivity index (χ2n) is 3.88. The number of pyridine rings is 1. The zero-order valence-electron chi connectivity index (χ0n) is 10.1. The highest BCUT2D eigenvalue weighted by Gasteiger charge is 2.20. The molecule has 20 heavy (non-hydrogen) atoms. The third kappa shape index (κ3) is 3.17. The maximum Gasteiger partial charge on any atom is 0.336 e. The van der Waals surface area contributed by atoms with E-state index in [2.05, 4.69) is 25.6 Å². The van der Waals surface area contributed by atoms with Gasteiger partial charge < -0.3 is 5.11 Å². The van der Waals surface area contributed by atoms with E-state index in [1.54, 1.807) is 13.0 Å². The van der Waals surface area contributed by atoms with Gasteiger partial charge in [0.2, 0.25) is 0 Å². The van der Waals surface area contributed by atoms with E-state index >= 15 is 0 Å². The molecular weight excluding hydrogens is 368 g/mol. The van der Waals surface area contributed by atoms with Gasteiger partial charge in [-0.1, -0.05) is 0 Å². The molecule has 0 saturated heterocycles. The first kappa shape index (κ1) is 14.9. The molecule has 0 saturated carbocycles. The van der Waals surface area contributed by atoms with Crippen molar-refractivity contribution in [2.75, 3.05) is 4.72 Å². The fourth-order valence-corrected chi connectivity index (χ4v) is 4.07. The van der Waals surface area contributed by atoms with Gasteiger partial charge in [0.05, 0.1) is 5.56 Å². The SMILES string of the molecule is Cc1cc(Br)cnc1NS(=O)(=O)c1cc(C(=O)O)cs1. The number of sulfonamides is 1. The van der Waals surface area contributed by atoms with Crippen LogP contribution in [0.4, 0.5) is 5.82 Å². The lowest BCUT2D eigenvalue weighted by Crippen LogP contribution is -2.13. The third-order valence-electron chi connectivity index (χ3n) is 2.36. The van der Waals surface area contributed by atoms with E-state index in [-0.39, 0.29) is 15.6 Å². The van der Waals surface area contributed by atoms with Gasteiger partial charge in [-0.3, -0.25) is 4.72 Å². The van der Waals surface area contributed by atoms with Crippen molar-refractivity contribution in [1.29, 1.82) is 0 Å². The van der Waals surface area contributed by atoms with Gasteiger partial charge in [-0.25, -0.2) is 18.2 Å². The Bertz CT molecular complexity index is 770. The number of aryl methyl sites for hydroxylation is 1. The Balaban J connectivity index is 2.33. The van der Waals surface area contributed by atoms with Crippen molar-refractivity contribution in [3.05, 3.63) is 39.3 Å². The molecular formula is C11H9BrN2O4S2. The summed E-state index contributed by atoms with van der Waals surface area (Å²) in [6.45, 7) is 1.71. The second-order valence-corrected chi connectivity index (χ2v) is 7.62. The van der Waals surface area contributed by atoms with Crippen molar-refractivity contribution >= 4 is 49.1 Å². The van der Waals surface area contributed by atoms with E-state index in [4.69, 9.17) is 5.11 Å². The first-order valence-corrected chi connectivity index (χ1v) is 8.42. The van der Waals surface area contributed by atoms with Gasteiger partial charge in [-0.05, 0) is 40.5 Å². The molecule has 6 nitrogen and oxygen atoms in total. The number of carbonyl (C=O) groups is 1. The molecule has 2 aromatic heterocycles. The molecule has 0 unspecified atom stereocenters. The molecule has 0 spiro atoms. The van der Waals surface area contributed by atoms with Crippen molar-refractivity contribution in [3.8, 4) is 0 Å². The molecule has 0 aliphatic carbocycles. The summed E-state index contributed by atoms with van der Waals surface area (Å²) >= 11 is 4.08. The Hall–Kier alpha value is -1.45. The van der Waals surface area contributed by atoms with E-state index < -0.39 is 16.0 Å². The summed E-state index contributed by atoms with van der Waals surface area (Å²) in [5.74, 6) is -0.959. The predicted octanol–water partition coefficient (Wildman–Crippen LogP) is 2.71. The van der Waals surface area contributed by atoms with Crippen LogP contribution < -0.4 is 4.72 Å². The maximum atomic E-state index is 12.1. The minimum atomic E-state index is -3.83. The summed E-state index contributed by atoms with van der Waals surface area (Å²) in [6, 6.07) is 2.84. The zero-order valence-corrected chi connectivity index (χ0v) is 13.3. The summed E-state index contributed by atoms with van der Waals surface area (Å²) in [5.41, 5.74) is 0.592. The third-order valence-corrected chi connectivity index (χ3v) is 5.58. The molecule has 2 N–H and O–H groups in total. The molecule has 0 amide bonds. The number of halogens is 1. The van der Waals surface area contributed by atoms with Crippen molar-refractivity contribution in [3.63, 3.8) is 0 Å². The molecule has 0 atom stereocenters. The largest absolute Gasteiger partial charge is 0.478 e. The lowest BCUT2D eigenvalue weighted by Gasteiger charge is -2.08. The Morgan fingerprint density at radius 3 is 2.70 bits per heavy atom. The summed E-state index contributed by atoms with van der Waals surface area (Å²) in [7, 11) is -3.83. The first-order valence-electron chi connectivity index (χ1n) is 5.26. The van der Waals surface area contributed by atoms with Crippen LogP contribution in [0.3, 0.4) is 0 Å². The fourth-order valence-electron chi connectivity index (χ4n) is 1.39. The molecule has 9 heteroatoms. The van der Waals surface area contributed by atoms with E-state index in [0.717, 1.165) is 21.9 Å². The maximum absolute atomic E-state index is 12.1. The molecule has 0 aromatic carbocycles. The van der Waals surface area contributed by atoms with Crippen molar-refractivity contribution in [2.24, 2.45) is 0 Å². The minimum absolute atomic E-state index is 0.0594. The fraction of sp³-hybridized carbons (Fsp3) is 0.0909. The predicted molar refractivity (Wildman–Crippen MR) is 78.8 cm³/mol. The van der Waals surface area contributed by atoms with Crippen LogP contribution in [-0.4, -0.2) is 24.5 Å². The van der Waals surface area contributed by atoms with Crippen LogP contribution in [0, 0.1) is 6.92 Å². The highest BCUT2D eigenvalue weighted by Crippen LogP contribution is 2.24. The van der Waals surface area contributed by atoms with Crippen molar-refractivity contribution in [2.45, 2.75) is 11.1 Å². The Morgan fingerprint density at radius 2 is 2.15 bits per heavy atom. The van der Waals surface area contributed by atoms with Gasteiger partial charge >= 0.3 is 5.97 Å². The standard InChI is InChI=1S/C11H9BrN2O4S2/c1-6-2-8(12)4-13-10(6)14-20(17,18)9-3-7(5-19-9)11(15)16/h2-5H,1H3,(H,13,14)(H,15,16). The normalized spacial score (nSPS) is 11.3. The number of anilines is 1. The van der Waals surface area contributed by atoms with Crippen LogP contribution in [-0.2, 0) is 10.0 Å². The quantitative estimate of drug-likeness (QED) is 0.854. The van der Waals surface area contributed by atoms with E-state index in [1.807, 2.05) is 0 Å². The molecule has 0 aliphatic rings. The average molecular weight is 377 g/mol. The number of nitrogens with zero attached hydrogens (tertiary/aromatic N) is 1. The van der Waals surface area contributed by atoms with Gasteiger partial charge in [-0.15, -0.1) is 11.3 Å².